The zero-order chi connectivity index (χ0) is 14.3. The Morgan fingerprint density at radius 3 is 2.65 bits per heavy atom. The van der Waals surface area contributed by atoms with Crippen molar-refractivity contribution in [3.05, 3.63) is 29.8 Å². The van der Waals surface area contributed by atoms with E-state index in [-0.39, 0.29) is 36.7 Å². The molecule has 1 atom stereocenters. The number of alkyl halides is 2. The van der Waals surface area contributed by atoms with Crippen molar-refractivity contribution in [2.24, 2.45) is 5.73 Å². The first-order valence-corrected chi connectivity index (χ1v) is 6.04. The molecule has 0 saturated heterocycles. The van der Waals surface area contributed by atoms with Crippen LogP contribution in [0.4, 0.5) is 8.78 Å². The number of hydrogen-bond donors (Lipinski definition) is 2. The highest BCUT2D eigenvalue weighted by atomic mass is 35.5. The van der Waals surface area contributed by atoms with Crippen LogP contribution in [0.15, 0.2) is 24.3 Å². The van der Waals surface area contributed by atoms with Gasteiger partial charge < -0.3 is 15.8 Å². The first-order chi connectivity index (χ1) is 8.99. The minimum atomic E-state index is -2.88. The van der Waals surface area contributed by atoms with Crippen molar-refractivity contribution >= 4 is 18.3 Å². The van der Waals surface area contributed by atoms with Gasteiger partial charge >= 0.3 is 6.61 Å². The van der Waals surface area contributed by atoms with Crippen molar-refractivity contribution < 1.29 is 18.3 Å². The van der Waals surface area contributed by atoms with E-state index in [1.807, 2.05) is 6.92 Å². The Bertz CT molecular complexity index is 417. The molecule has 20 heavy (non-hydrogen) atoms. The number of carbonyl (C=O) groups is 1. The molecule has 0 radical (unpaired) electrons. The fraction of sp³-hybridized carbons (Fsp3) is 0.462. The minimum absolute atomic E-state index is 0. The van der Waals surface area contributed by atoms with E-state index >= 15 is 0 Å². The monoisotopic (exact) mass is 308 g/mol. The molecule has 0 saturated carbocycles. The molecule has 7 heteroatoms. The summed E-state index contributed by atoms with van der Waals surface area (Å²) in [5, 5.41) is 2.65. The Balaban J connectivity index is 0.00000361. The number of hydrogen-bond acceptors (Lipinski definition) is 3. The Morgan fingerprint density at radius 1 is 1.40 bits per heavy atom. The van der Waals surface area contributed by atoms with E-state index < -0.39 is 6.61 Å². The van der Waals surface area contributed by atoms with Crippen LogP contribution in [0.25, 0.3) is 0 Å². The van der Waals surface area contributed by atoms with Crippen LogP contribution in [0.2, 0.25) is 0 Å². The second-order valence-corrected chi connectivity index (χ2v) is 4.28. The highest BCUT2D eigenvalue weighted by Crippen LogP contribution is 2.19. The lowest BCUT2D eigenvalue weighted by atomic mass is 10.1. The number of ether oxygens (including phenoxy) is 1. The number of nitrogens with one attached hydrogen (secondary N) is 1. The molecule has 0 heterocycles. The number of amides is 1. The van der Waals surface area contributed by atoms with Crippen LogP contribution in [-0.2, 0) is 11.3 Å². The molecule has 0 aliphatic heterocycles. The van der Waals surface area contributed by atoms with Gasteiger partial charge in [0.1, 0.15) is 5.75 Å². The molecule has 1 aromatic rings. The van der Waals surface area contributed by atoms with E-state index in [9.17, 15) is 13.6 Å². The quantitative estimate of drug-likeness (QED) is 0.813. The van der Waals surface area contributed by atoms with Gasteiger partial charge in [-0.1, -0.05) is 18.2 Å². The lowest BCUT2D eigenvalue weighted by Crippen LogP contribution is -2.25. The molecule has 1 amide bonds. The van der Waals surface area contributed by atoms with Crippen molar-refractivity contribution in [3.63, 3.8) is 0 Å². The molecule has 114 valence electrons. The van der Waals surface area contributed by atoms with Crippen LogP contribution in [0.3, 0.4) is 0 Å². The van der Waals surface area contributed by atoms with Gasteiger partial charge in [-0.2, -0.15) is 8.78 Å². The minimum Gasteiger partial charge on any atom is -0.434 e. The van der Waals surface area contributed by atoms with Gasteiger partial charge in [0.25, 0.3) is 0 Å². The van der Waals surface area contributed by atoms with Crippen LogP contribution in [0.5, 0.6) is 5.75 Å². The predicted molar refractivity (Wildman–Crippen MR) is 75.1 cm³/mol. The molecule has 3 N–H and O–H groups in total. The molecule has 0 aromatic heterocycles. The van der Waals surface area contributed by atoms with Gasteiger partial charge in [-0.3, -0.25) is 4.79 Å². The van der Waals surface area contributed by atoms with Gasteiger partial charge in [0.15, 0.2) is 0 Å². The SMILES string of the molecule is CC(N)CCC(=O)NCc1ccccc1OC(F)F.Cl. The van der Waals surface area contributed by atoms with Crippen molar-refractivity contribution in [2.75, 3.05) is 0 Å². The summed E-state index contributed by atoms with van der Waals surface area (Å²) >= 11 is 0. The standard InChI is InChI=1S/C13H18F2N2O2.ClH/c1-9(16)6-7-12(18)17-8-10-4-2-3-5-11(10)19-13(14)15;/h2-5,9,13H,6-8,16H2,1H3,(H,17,18);1H. The van der Waals surface area contributed by atoms with E-state index in [1.165, 1.54) is 6.07 Å². The fourth-order valence-electron chi connectivity index (χ4n) is 1.50. The molecule has 0 bridgehead atoms. The molecular formula is C13H19ClF2N2O2. The number of para-hydroxylation sites is 1. The number of carbonyl (C=O) groups excluding carboxylic acids is 1. The summed E-state index contributed by atoms with van der Waals surface area (Å²) in [5.74, 6) is -0.0888. The Hall–Kier alpha value is -1.40. The van der Waals surface area contributed by atoms with Crippen LogP contribution in [0.1, 0.15) is 25.3 Å². The summed E-state index contributed by atoms with van der Waals surface area (Å²) in [6.45, 7) is -0.908. The molecule has 0 fully saturated rings. The maximum Gasteiger partial charge on any atom is 0.387 e. The third kappa shape index (κ3) is 7.25. The first kappa shape index (κ1) is 18.6. The summed E-state index contributed by atoms with van der Waals surface area (Å²) in [7, 11) is 0. The lowest BCUT2D eigenvalue weighted by Gasteiger charge is -2.11. The van der Waals surface area contributed by atoms with Crippen molar-refractivity contribution in [3.8, 4) is 5.75 Å². The summed E-state index contributed by atoms with van der Waals surface area (Å²) < 4.78 is 28.7. The van der Waals surface area contributed by atoms with Gasteiger partial charge in [0, 0.05) is 24.6 Å². The average molecular weight is 309 g/mol. The number of benzene rings is 1. The summed E-state index contributed by atoms with van der Waals surface area (Å²) in [6.07, 6.45) is 0.899. The summed E-state index contributed by atoms with van der Waals surface area (Å²) in [4.78, 5) is 11.5. The summed E-state index contributed by atoms with van der Waals surface area (Å²) in [6, 6.07) is 6.32. The van der Waals surface area contributed by atoms with Gasteiger partial charge in [-0.05, 0) is 19.4 Å². The molecule has 0 aliphatic rings. The topological polar surface area (TPSA) is 64.4 Å². The lowest BCUT2D eigenvalue weighted by molar-refractivity contribution is -0.121. The molecular weight excluding hydrogens is 290 g/mol. The van der Waals surface area contributed by atoms with Gasteiger partial charge in [-0.15, -0.1) is 12.4 Å². The molecule has 0 spiro atoms. The number of rotatable bonds is 7. The highest BCUT2D eigenvalue weighted by Gasteiger charge is 2.10. The molecule has 0 aliphatic carbocycles. The van der Waals surface area contributed by atoms with Gasteiger partial charge in [0.2, 0.25) is 5.91 Å². The Labute approximate surface area is 123 Å². The van der Waals surface area contributed by atoms with E-state index in [0.29, 0.717) is 18.4 Å². The van der Waals surface area contributed by atoms with E-state index in [1.54, 1.807) is 18.2 Å². The third-order valence-electron chi connectivity index (χ3n) is 2.49. The van der Waals surface area contributed by atoms with Crippen LogP contribution in [-0.4, -0.2) is 18.6 Å². The number of nitrogens with two attached hydrogens (primary N) is 1. The van der Waals surface area contributed by atoms with Crippen molar-refractivity contribution in [1.82, 2.24) is 5.32 Å². The van der Waals surface area contributed by atoms with Crippen LogP contribution >= 0.6 is 12.4 Å². The van der Waals surface area contributed by atoms with Gasteiger partial charge in [-0.25, -0.2) is 0 Å². The van der Waals surface area contributed by atoms with E-state index in [4.69, 9.17) is 5.73 Å². The van der Waals surface area contributed by atoms with E-state index in [2.05, 4.69) is 10.1 Å². The van der Waals surface area contributed by atoms with Gasteiger partial charge in [0.05, 0.1) is 0 Å². The highest BCUT2D eigenvalue weighted by molar-refractivity contribution is 5.85. The molecule has 1 rings (SSSR count). The van der Waals surface area contributed by atoms with Crippen molar-refractivity contribution in [1.29, 1.82) is 0 Å². The van der Waals surface area contributed by atoms with E-state index in [0.717, 1.165) is 0 Å². The van der Waals surface area contributed by atoms with Crippen LogP contribution < -0.4 is 15.8 Å². The maximum atomic E-state index is 12.2. The largest absolute Gasteiger partial charge is 0.434 e. The third-order valence-corrected chi connectivity index (χ3v) is 2.49. The normalized spacial score (nSPS) is 11.7. The molecule has 1 unspecified atom stereocenters. The zero-order valence-corrected chi connectivity index (χ0v) is 12.0. The fourth-order valence-corrected chi connectivity index (χ4v) is 1.50. The zero-order valence-electron chi connectivity index (χ0n) is 11.1. The smallest absolute Gasteiger partial charge is 0.387 e. The number of halogens is 3. The average Bonchev–Trinajstić information content (AvgIpc) is 2.34. The second kappa shape index (κ2) is 9.50. The summed E-state index contributed by atoms with van der Waals surface area (Å²) in [5.41, 5.74) is 6.05. The predicted octanol–water partition coefficient (Wildman–Crippen LogP) is 2.45. The van der Waals surface area contributed by atoms with Crippen LogP contribution in [0, 0.1) is 0 Å². The second-order valence-electron chi connectivity index (χ2n) is 4.28. The Morgan fingerprint density at radius 2 is 2.05 bits per heavy atom. The molecule has 4 nitrogen and oxygen atoms in total. The Kier molecular flexibility index (Phi) is 8.83. The maximum absolute atomic E-state index is 12.2. The first-order valence-electron chi connectivity index (χ1n) is 6.04. The van der Waals surface area contributed by atoms with Crippen molar-refractivity contribution in [2.45, 2.75) is 39.0 Å². The molecule has 1 aromatic carbocycles.